The molecular formula is C10H10N2O. The number of fused-ring (bicyclic) bond motifs is 1. The Hall–Kier alpha value is -1.77. The van der Waals surface area contributed by atoms with E-state index in [1.54, 1.807) is 19.1 Å². The summed E-state index contributed by atoms with van der Waals surface area (Å²) in [6.07, 6.45) is 0. The van der Waals surface area contributed by atoms with Gasteiger partial charge in [-0.3, -0.25) is 0 Å². The average molecular weight is 174 g/mol. The Bertz CT molecular complexity index is 466. The van der Waals surface area contributed by atoms with Crippen molar-refractivity contribution in [2.75, 3.05) is 5.73 Å². The molecule has 0 saturated carbocycles. The molecule has 0 atom stereocenters. The van der Waals surface area contributed by atoms with Gasteiger partial charge in [-0.2, -0.15) is 0 Å². The van der Waals surface area contributed by atoms with E-state index >= 15 is 0 Å². The van der Waals surface area contributed by atoms with Crippen LogP contribution >= 0.6 is 0 Å². The predicted molar refractivity (Wildman–Crippen MR) is 52.6 cm³/mol. The molecule has 13 heavy (non-hydrogen) atoms. The molecule has 1 heterocycles. The highest BCUT2D eigenvalue weighted by Crippen LogP contribution is 2.24. The van der Waals surface area contributed by atoms with Gasteiger partial charge in [0.1, 0.15) is 5.75 Å². The minimum absolute atomic E-state index is 0.207. The van der Waals surface area contributed by atoms with Gasteiger partial charge in [-0.1, -0.05) is 12.1 Å². The highest BCUT2D eigenvalue weighted by molar-refractivity contribution is 5.90. The molecule has 0 bridgehead atoms. The second-order valence-corrected chi connectivity index (χ2v) is 3.01. The highest BCUT2D eigenvalue weighted by atomic mass is 16.3. The molecule has 0 saturated heterocycles. The Kier molecular flexibility index (Phi) is 1.59. The topological polar surface area (TPSA) is 59.1 Å². The van der Waals surface area contributed by atoms with Gasteiger partial charge in [0.15, 0.2) is 0 Å². The first kappa shape index (κ1) is 7.86. The van der Waals surface area contributed by atoms with Gasteiger partial charge >= 0.3 is 0 Å². The third kappa shape index (κ3) is 1.18. The molecule has 0 fully saturated rings. The van der Waals surface area contributed by atoms with Gasteiger partial charge in [-0.25, -0.2) is 4.98 Å². The van der Waals surface area contributed by atoms with Gasteiger partial charge in [0.25, 0.3) is 0 Å². The number of anilines is 1. The van der Waals surface area contributed by atoms with E-state index in [2.05, 4.69) is 4.98 Å². The van der Waals surface area contributed by atoms with Crippen LogP contribution < -0.4 is 5.73 Å². The third-order valence-electron chi connectivity index (χ3n) is 2.04. The van der Waals surface area contributed by atoms with E-state index < -0.39 is 0 Å². The number of hydrogen-bond acceptors (Lipinski definition) is 3. The van der Waals surface area contributed by atoms with Crippen LogP contribution in [0.1, 0.15) is 5.69 Å². The van der Waals surface area contributed by atoms with Crippen molar-refractivity contribution in [2.45, 2.75) is 6.92 Å². The fraction of sp³-hybridized carbons (Fsp3) is 0.100. The van der Waals surface area contributed by atoms with Crippen molar-refractivity contribution in [1.29, 1.82) is 0 Å². The van der Waals surface area contributed by atoms with Crippen LogP contribution in [0.25, 0.3) is 10.9 Å². The number of rotatable bonds is 0. The van der Waals surface area contributed by atoms with Crippen LogP contribution in [0.4, 0.5) is 5.69 Å². The van der Waals surface area contributed by atoms with E-state index in [1.165, 1.54) is 0 Å². The van der Waals surface area contributed by atoms with Crippen molar-refractivity contribution in [3.63, 3.8) is 0 Å². The van der Waals surface area contributed by atoms with Crippen molar-refractivity contribution < 1.29 is 5.11 Å². The van der Waals surface area contributed by atoms with Crippen molar-refractivity contribution in [1.82, 2.24) is 4.98 Å². The second kappa shape index (κ2) is 2.62. The van der Waals surface area contributed by atoms with Gasteiger partial charge in [-0.05, 0) is 19.1 Å². The first-order valence-electron chi connectivity index (χ1n) is 4.03. The molecule has 1 aromatic heterocycles. The zero-order chi connectivity index (χ0) is 9.42. The number of para-hydroxylation sites is 1. The zero-order valence-electron chi connectivity index (χ0n) is 7.28. The summed E-state index contributed by atoms with van der Waals surface area (Å²) in [5, 5.41) is 10.3. The molecule has 1 aromatic carbocycles. The number of aryl methyl sites for hydroxylation is 1. The molecule has 66 valence electrons. The zero-order valence-corrected chi connectivity index (χ0v) is 7.28. The molecule has 2 aromatic rings. The number of benzene rings is 1. The summed E-state index contributed by atoms with van der Waals surface area (Å²) < 4.78 is 0. The molecular weight excluding hydrogens is 164 g/mol. The van der Waals surface area contributed by atoms with Gasteiger partial charge in [0.05, 0.1) is 16.9 Å². The minimum atomic E-state index is 0.207. The van der Waals surface area contributed by atoms with Crippen molar-refractivity contribution >= 4 is 16.6 Å². The second-order valence-electron chi connectivity index (χ2n) is 3.01. The molecule has 0 unspecified atom stereocenters. The van der Waals surface area contributed by atoms with Crippen LogP contribution in [0, 0.1) is 6.92 Å². The van der Waals surface area contributed by atoms with Crippen molar-refractivity contribution in [3.8, 4) is 5.75 Å². The lowest BCUT2D eigenvalue weighted by atomic mass is 10.1. The molecule has 3 N–H and O–H groups in total. The van der Waals surface area contributed by atoms with Crippen molar-refractivity contribution in [2.24, 2.45) is 0 Å². The Morgan fingerprint density at radius 1 is 1.38 bits per heavy atom. The largest absolute Gasteiger partial charge is 0.506 e. The standard InChI is InChI=1S/C10H10N2O/c1-6-9(13)5-7-3-2-4-8(11)10(7)12-6/h2-5,13H,11H2,1H3. The number of nitrogens with zero attached hydrogens (tertiary/aromatic N) is 1. The third-order valence-corrected chi connectivity index (χ3v) is 2.04. The Balaban J connectivity index is 2.89. The number of hydrogen-bond donors (Lipinski definition) is 2. The van der Waals surface area contributed by atoms with E-state index in [-0.39, 0.29) is 5.75 Å². The molecule has 2 rings (SSSR count). The summed E-state index contributed by atoms with van der Waals surface area (Å²) in [6, 6.07) is 7.19. The summed E-state index contributed by atoms with van der Waals surface area (Å²) in [7, 11) is 0. The molecule has 0 radical (unpaired) electrons. The minimum Gasteiger partial charge on any atom is -0.506 e. The predicted octanol–water partition coefficient (Wildman–Crippen LogP) is 1.83. The number of nitrogen functional groups attached to an aromatic ring is 1. The lowest BCUT2D eigenvalue weighted by Crippen LogP contribution is -1.91. The fourth-order valence-electron chi connectivity index (χ4n) is 1.30. The number of nitrogens with two attached hydrogens (primary N) is 1. The molecule has 0 aliphatic heterocycles. The van der Waals surface area contributed by atoms with Crippen LogP contribution in [-0.4, -0.2) is 10.1 Å². The normalized spacial score (nSPS) is 10.5. The number of aromatic hydroxyl groups is 1. The SMILES string of the molecule is Cc1nc2c(N)cccc2cc1O. The summed E-state index contributed by atoms with van der Waals surface area (Å²) in [6.45, 7) is 1.75. The maximum absolute atomic E-state index is 9.40. The highest BCUT2D eigenvalue weighted by Gasteiger charge is 2.02. The van der Waals surface area contributed by atoms with E-state index in [1.807, 2.05) is 12.1 Å². The van der Waals surface area contributed by atoms with Gasteiger partial charge in [0.2, 0.25) is 0 Å². The first-order chi connectivity index (χ1) is 6.18. The van der Waals surface area contributed by atoms with Crippen LogP contribution in [0.15, 0.2) is 24.3 Å². The summed E-state index contributed by atoms with van der Waals surface area (Å²) >= 11 is 0. The average Bonchev–Trinajstić information content (AvgIpc) is 2.09. The van der Waals surface area contributed by atoms with E-state index in [9.17, 15) is 5.11 Å². The quantitative estimate of drug-likeness (QED) is 0.599. The maximum atomic E-state index is 9.40. The fourth-order valence-corrected chi connectivity index (χ4v) is 1.30. The van der Waals surface area contributed by atoms with Crippen LogP contribution in [-0.2, 0) is 0 Å². The molecule has 0 amide bonds. The number of pyridine rings is 1. The molecule has 0 aliphatic rings. The molecule has 3 heteroatoms. The van der Waals surface area contributed by atoms with E-state index in [4.69, 9.17) is 5.73 Å². The monoisotopic (exact) mass is 174 g/mol. The van der Waals surface area contributed by atoms with Crippen molar-refractivity contribution in [3.05, 3.63) is 30.0 Å². The summed E-state index contributed by atoms with van der Waals surface area (Å²) in [5.41, 5.74) is 7.72. The molecule has 0 aliphatic carbocycles. The van der Waals surface area contributed by atoms with Gasteiger partial charge in [0, 0.05) is 5.39 Å². The van der Waals surface area contributed by atoms with Gasteiger partial charge < -0.3 is 10.8 Å². The Morgan fingerprint density at radius 3 is 2.92 bits per heavy atom. The van der Waals surface area contributed by atoms with Crippen LogP contribution in [0.3, 0.4) is 0 Å². The smallest absolute Gasteiger partial charge is 0.137 e. The van der Waals surface area contributed by atoms with E-state index in [0.29, 0.717) is 11.4 Å². The summed E-state index contributed by atoms with van der Waals surface area (Å²) in [5.74, 6) is 0.207. The van der Waals surface area contributed by atoms with Gasteiger partial charge in [-0.15, -0.1) is 0 Å². The van der Waals surface area contributed by atoms with E-state index in [0.717, 1.165) is 10.9 Å². The lowest BCUT2D eigenvalue weighted by molar-refractivity contribution is 0.469. The molecule has 3 nitrogen and oxygen atoms in total. The lowest BCUT2D eigenvalue weighted by Gasteiger charge is -2.03. The van der Waals surface area contributed by atoms with Crippen LogP contribution in [0.2, 0.25) is 0 Å². The molecule has 0 spiro atoms. The van der Waals surface area contributed by atoms with Crippen LogP contribution in [0.5, 0.6) is 5.75 Å². The number of aromatic nitrogens is 1. The summed E-state index contributed by atoms with van der Waals surface area (Å²) in [4.78, 5) is 4.20. The Morgan fingerprint density at radius 2 is 2.15 bits per heavy atom. The Labute approximate surface area is 75.8 Å². The maximum Gasteiger partial charge on any atom is 0.137 e. The first-order valence-corrected chi connectivity index (χ1v) is 4.03.